The van der Waals surface area contributed by atoms with Crippen molar-refractivity contribution in [1.29, 1.82) is 0 Å². The lowest BCUT2D eigenvalue weighted by atomic mass is 10.1. The van der Waals surface area contributed by atoms with E-state index in [0.717, 1.165) is 25.7 Å². The first-order valence-corrected chi connectivity index (χ1v) is 9.54. The maximum absolute atomic E-state index is 10.6. The second-order valence-electron chi connectivity index (χ2n) is 6.26. The summed E-state index contributed by atoms with van der Waals surface area (Å²) in [6.07, 6.45) is 18.7. The van der Waals surface area contributed by atoms with Gasteiger partial charge in [0.25, 0.3) is 0 Å². The van der Waals surface area contributed by atoms with Crippen LogP contribution in [0.3, 0.4) is 0 Å². The Kier molecular flexibility index (Phi) is 17.0. The van der Waals surface area contributed by atoms with Gasteiger partial charge in [-0.2, -0.15) is 0 Å². The van der Waals surface area contributed by atoms with Gasteiger partial charge in [0.1, 0.15) is 0 Å². The normalized spacial score (nSPS) is 10.9. The molecule has 0 N–H and O–H groups in total. The fourth-order valence-electron chi connectivity index (χ4n) is 2.46. The van der Waals surface area contributed by atoms with E-state index in [-0.39, 0.29) is 11.9 Å². The van der Waals surface area contributed by atoms with Crippen molar-refractivity contribution in [3.8, 4) is 0 Å². The maximum atomic E-state index is 10.6. The van der Waals surface area contributed by atoms with E-state index in [2.05, 4.69) is 12.2 Å². The van der Waals surface area contributed by atoms with Gasteiger partial charge in [0.05, 0.1) is 13.2 Å². The number of ether oxygens (including phenoxy) is 2. The number of unbranched alkanes of at least 4 members (excludes halogenated alkanes) is 10. The second-order valence-corrected chi connectivity index (χ2v) is 6.26. The van der Waals surface area contributed by atoms with E-state index in [9.17, 15) is 9.59 Å². The summed E-state index contributed by atoms with van der Waals surface area (Å²) in [5.41, 5.74) is 0. The van der Waals surface area contributed by atoms with Gasteiger partial charge in [0.15, 0.2) is 0 Å². The molecule has 140 valence electrons. The summed E-state index contributed by atoms with van der Waals surface area (Å²) >= 11 is 0. The van der Waals surface area contributed by atoms with Crippen LogP contribution in [-0.2, 0) is 19.1 Å². The highest BCUT2D eigenvalue weighted by atomic mass is 16.5. The molecule has 0 aliphatic rings. The smallest absolute Gasteiger partial charge is 0.302 e. The van der Waals surface area contributed by atoms with Crippen LogP contribution in [0.4, 0.5) is 0 Å². The van der Waals surface area contributed by atoms with E-state index in [1.54, 1.807) is 0 Å². The molecular formula is C20H36O4. The third-order valence-electron chi connectivity index (χ3n) is 3.81. The monoisotopic (exact) mass is 340 g/mol. The molecule has 0 aromatic carbocycles. The second kappa shape index (κ2) is 18.0. The largest absolute Gasteiger partial charge is 0.466 e. The minimum absolute atomic E-state index is 0.179. The van der Waals surface area contributed by atoms with Crippen molar-refractivity contribution in [3.63, 3.8) is 0 Å². The molecule has 0 saturated carbocycles. The lowest BCUT2D eigenvalue weighted by molar-refractivity contribution is -0.142. The molecule has 24 heavy (non-hydrogen) atoms. The summed E-state index contributed by atoms with van der Waals surface area (Å²) in [5.74, 6) is -0.357. The molecule has 0 fully saturated rings. The molecule has 0 unspecified atom stereocenters. The zero-order valence-electron chi connectivity index (χ0n) is 15.7. The van der Waals surface area contributed by atoms with E-state index in [0.29, 0.717) is 13.2 Å². The van der Waals surface area contributed by atoms with Crippen molar-refractivity contribution in [2.24, 2.45) is 0 Å². The lowest BCUT2D eigenvalue weighted by Gasteiger charge is -2.02. The SMILES string of the molecule is CC(=O)OCCCCCCC/C=C/CCCCCCCOC(C)=O. The first-order valence-electron chi connectivity index (χ1n) is 9.54. The Balaban J connectivity index is 3.11. The molecule has 0 rings (SSSR count). The van der Waals surface area contributed by atoms with E-state index >= 15 is 0 Å². The fourth-order valence-corrected chi connectivity index (χ4v) is 2.46. The molecule has 0 bridgehead atoms. The molecule has 0 amide bonds. The van der Waals surface area contributed by atoms with Gasteiger partial charge in [-0.1, -0.05) is 50.7 Å². The molecule has 0 saturated heterocycles. The number of carbonyl (C=O) groups excluding carboxylic acids is 2. The summed E-state index contributed by atoms with van der Waals surface area (Å²) in [6.45, 7) is 4.05. The van der Waals surface area contributed by atoms with Gasteiger partial charge in [0, 0.05) is 13.8 Å². The van der Waals surface area contributed by atoms with Crippen LogP contribution in [0.5, 0.6) is 0 Å². The standard InChI is InChI=1S/C20H36O4/c1-19(21)23-17-15-13-11-9-7-5-3-4-6-8-10-12-14-16-18-24-20(2)22/h3-4H,5-18H2,1-2H3/b4-3+. The topological polar surface area (TPSA) is 52.6 Å². The van der Waals surface area contributed by atoms with Crippen molar-refractivity contribution in [1.82, 2.24) is 0 Å². The Labute approximate surface area is 148 Å². The molecule has 0 atom stereocenters. The van der Waals surface area contributed by atoms with E-state index in [4.69, 9.17) is 9.47 Å². The highest BCUT2D eigenvalue weighted by Crippen LogP contribution is 2.08. The predicted octanol–water partition coefficient (Wildman–Crippen LogP) is 5.35. The van der Waals surface area contributed by atoms with Gasteiger partial charge in [-0.25, -0.2) is 0 Å². The van der Waals surface area contributed by atoms with E-state index in [1.807, 2.05) is 0 Å². The van der Waals surface area contributed by atoms with Crippen LogP contribution in [-0.4, -0.2) is 25.2 Å². The Morgan fingerprint density at radius 3 is 1.29 bits per heavy atom. The molecule has 0 heterocycles. The molecule has 0 aromatic rings. The third-order valence-corrected chi connectivity index (χ3v) is 3.81. The minimum Gasteiger partial charge on any atom is -0.466 e. The number of allylic oxidation sites excluding steroid dienone is 2. The molecule has 0 aromatic heterocycles. The first-order chi connectivity index (χ1) is 11.6. The van der Waals surface area contributed by atoms with Gasteiger partial charge >= 0.3 is 11.9 Å². The van der Waals surface area contributed by atoms with Crippen molar-refractivity contribution in [3.05, 3.63) is 12.2 Å². The van der Waals surface area contributed by atoms with Gasteiger partial charge in [-0.05, 0) is 38.5 Å². The van der Waals surface area contributed by atoms with Crippen LogP contribution >= 0.6 is 0 Å². The summed E-state index contributed by atoms with van der Waals surface area (Å²) in [7, 11) is 0. The molecule has 0 spiro atoms. The Morgan fingerprint density at radius 1 is 0.583 bits per heavy atom. The average molecular weight is 341 g/mol. The summed E-state index contributed by atoms with van der Waals surface area (Å²) in [5, 5.41) is 0. The van der Waals surface area contributed by atoms with Crippen LogP contribution in [0.2, 0.25) is 0 Å². The molecule has 0 radical (unpaired) electrons. The van der Waals surface area contributed by atoms with Crippen molar-refractivity contribution in [2.75, 3.05) is 13.2 Å². The fraction of sp³-hybridized carbons (Fsp3) is 0.800. The number of carbonyl (C=O) groups is 2. The minimum atomic E-state index is -0.179. The molecule has 0 aliphatic heterocycles. The summed E-state index contributed by atoms with van der Waals surface area (Å²) in [4.78, 5) is 21.2. The van der Waals surface area contributed by atoms with E-state index in [1.165, 1.54) is 65.2 Å². The summed E-state index contributed by atoms with van der Waals surface area (Å²) < 4.78 is 9.80. The van der Waals surface area contributed by atoms with Crippen LogP contribution in [0.1, 0.15) is 90.9 Å². The third kappa shape index (κ3) is 20.7. The highest BCUT2D eigenvalue weighted by Gasteiger charge is 1.94. The number of hydrogen-bond donors (Lipinski definition) is 0. The van der Waals surface area contributed by atoms with E-state index < -0.39 is 0 Å². The average Bonchev–Trinajstić information content (AvgIpc) is 2.53. The molecular weight excluding hydrogens is 304 g/mol. The highest BCUT2D eigenvalue weighted by molar-refractivity contribution is 5.66. The quantitative estimate of drug-likeness (QED) is 0.216. The van der Waals surface area contributed by atoms with Gasteiger partial charge in [-0.15, -0.1) is 0 Å². The van der Waals surface area contributed by atoms with Crippen molar-refractivity contribution >= 4 is 11.9 Å². The van der Waals surface area contributed by atoms with Gasteiger partial charge in [-0.3, -0.25) is 9.59 Å². The Hall–Kier alpha value is -1.32. The van der Waals surface area contributed by atoms with Crippen LogP contribution in [0, 0.1) is 0 Å². The van der Waals surface area contributed by atoms with Crippen LogP contribution in [0.25, 0.3) is 0 Å². The number of esters is 2. The number of rotatable bonds is 16. The van der Waals surface area contributed by atoms with Crippen molar-refractivity contribution < 1.29 is 19.1 Å². The van der Waals surface area contributed by atoms with Crippen LogP contribution < -0.4 is 0 Å². The van der Waals surface area contributed by atoms with Crippen molar-refractivity contribution in [2.45, 2.75) is 90.9 Å². The number of hydrogen-bond acceptors (Lipinski definition) is 4. The molecule has 0 aliphatic carbocycles. The zero-order valence-corrected chi connectivity index (χ0v) is 15.7. The lowest BCUT2D eigenvalue weighted by Crippen LogP contribution is -2.00. The predicted molar refractivity (Wildman–Crippen MR) is 97.8 cm³/mol. The molecule has 4 heteroatoms. The van der Waals surface area contributed by atoms with Gasteiger partial charge < -0.3 is 9.47 Å². The van der Waals surface area contributed by atoms with Gasteiger partial charge in [0.2, 0.25) is 0 Å². The maximum Gasteiger partial charge on any atom is 0.302 e. The zero-order chi connectivity index (χ0) is 17.9. The first kappa shape index (κ1) is 22.7. The van der Waals surface area contributed by atoms with Crippen LogP contribution in [0.15, 0.2) is 12.2 Å². The Morgan fingerprint density at radius 2 is 0.917 bits per heavy atom. The summed E-state index contributed by atoms with van der Waals surface area (Å²) in [6, 6.07) is 0. The molecule has 4 nitrogen and oxygen atoms in total. The Bertz CT molecular complexity index is 305.